The molecule has 12 heavy (non-hydrogen) atoms. The quantitative estimate of drug-likeness (QED) is 0.286. The molecule has 0 radical (unpaired) electrons. The Morgan fingerprint density at radius 3 is 2.67 bits per heavy atom. The molecule has 0 aromatic rings. The molecule has 0 bridgehead atoms. The Morgan fingerprint density at radius 1 is 1.58 bits per heavy atom. The molecule has 68 valence electrons. The van der Waals surface area contributed by atoms with Gasteiger partial charge in [-0.2, -0.15) is 0 Å². The highest BCUT2D eigenvalue weighted by molar-refractivity contribution is 5.76. The number of carboxylic acids is 1. The number of nitrogens with two attached hydrogens (primary N) is 2. The number of carboxylic acid groups (broad SMARTS) is 1. The van der Waals surface area contributed by atoms with Crippen molar-refractivity contribution in [2.45, 2.75) is 18.5 Å². The molecule has 0 aliphatic carbocycles. The standard InChI is InChI=1S/C6H12N4O2/c7-6(8)10-3-1-4(5(11)12)9-2-3/h3-4,9H,1-2H2,(H,11,12)(H4,7,8,10)/t3-,4-/m0/s1. The Balaban J connectivity index is 2.46. The Bertz CT molecular complexity index is 212. The van der Waals surface area contributed by atoms with Gasteiger partial charge in [0.15, 0.2) is 5.96 Å². The second kappa shape index (κ2) is 3.40. The van der Waals surface area contributed by atoms with Crippen LogP contribution in [0.5, 0.6) is 0 Å². The van der Waals surface area contributed by atoms with E-state index in [1.54, 1.807) is 0 Å². The fourth-order valence-corrected chi connectivity index (χ4v) is 1.21. The van der Waals surface area contributed by atoms with Crippen LogP contribution >= 0.6 is 0 Å². The summed E-state index contributed by atoms with van der Waals surface area (Å²) in [4.78, 5) is 14.3. The lowest BCUT2D eigenvalue weighted by Gasteiger charge is -2.01. The van der Waals surface area contributed by atoms with Gasteiger partial charge in [-0.05, 0) is 6.42 Å². The minimum Gasteiger partial charge on any atom is -0.480 e. The summed E-state index contributed by atoms with van der Waals surface area (Å²) in [5.74, 6) is -0.851. The zero-order valence-electron chi connectivity index (χ0n) is 6.53. The molecule has 6 N–H and O–H groups in total. The van der Waals surface area contributed by atoms with E-state index >= 15 is 0 Å². The fourth-order valence-electron chi connectivity index (χ4n) is 1.21. The highest BCUT2D eigenvalue weighted by Crippen LogP contribution is 2.09. The summed E-state index contributed by atoms with van der Waals surface area (Å²) in [5.41, 5.74) is 10.3. The SMILES string of the molecule is NC(N)=N[C@@H]1CN[C@H](C(=O)O)C1. The van der Waals surface area contributed by atoms with Crippen LogP contribution in [0.3, 0.4) is 0 Å². The van der Waals surface area contributed by atoms with E-state index in [2.05, 4.69) is 10.3 Å². The first-order chi connectivity index (χ1) is 5.59. The van der Waals surface area contributed by atoms with Crippen molar-refractivity contribution in [3.63, 3.8) is 0 Å². The van der Waals surface area contributed by atoms with E-state index in [1.807, 2.05) is 0 Å². The average molecular weight is 172 g/mol. The number of nitrogens with zero attached hydrogens (tertiary/aromatic N) is 1. The molecule has 0 aromatic heterocycles. The van der Waals surface area contributed by atoms with Crippen molar-refractivity contribution >= 4 is 11.9 Å². The molecule has 1 aliphatic heterocycles. The van der Waals surface area contributed by atoms with Crippen molar-refractivity contribution < 1.29 is 9.90 Å². The molecule has 0 spiro atoms. The van der Waals surface area contributed by atoms with Crippen LogP contribution in [0.2, 0.25) is 0 Å². The molecular formula is C6H12N4O2. The Kier molecular flexibility index (Phi) is 2.49. The first kappa shape index (κ1) is 8.79. The maximum absolute atomic E-state index is 10.5. The van der Waals surface area contributed by atoms with E-state index in [0.29, 0.717) is 13.0 Å². The number of aliphatic carboxylic acids is 1. The third-order valence-corrected chi connectivity index (χ3v) is 1.74. The van der Waals surface area contributed by atoms with Crippen LogP contribution in [-0.2, 0) is 4.79 Å². The Morgan fingerprint density at radius 2 is 2.25 bits per heavy atom. The van der Waals surface area contributed by atoms with Crippen LogP contribution in [0.1, 0.15) is 6.42 Å². The normalized spacial score (nSPS) is 28.3. The minimum absolute atomic E-state index is 0.00726. The molecule has 1 heterocycles. The van der Waals surface area contributed by atoms with E-state index in [9.17, 15) is 4.79 Å². The number of carbonyl (C=O) groups is 1. The van der Waals surface area contributed by atoms with Crippen molar-refractivity contribution in [2.75, 3.05) is 6.54 Å². The smallest absolute Gasteiger partial charge is 0.320 e. The molecule has 1 saturated heterocycles. The minimum atomic E-state index is -0.858. The van der Waals surface area contributed by atoms with Crippen LogP contribution in [0.4, 0.5) is 0 Å². The van der Waals surface area contributed by atoms with Gasteiger partial charge in [0.2, 0.25) is 0 Å². The number of hydrogen-bond donors (Lipinski definition) is 4. The molecule has 1 fully saturated rings. The summed E-state index contributed by atoms with van der Waals surface area (Å²) in [6.07, 6.45) is 0.452. The van der Waals surface area contributed by atoms with Gasteiger partial charge in [0, 0.05) is 6.54 Å². The number of aliphatic imine (C=N–C) groups is 1. The molecule has 0 aromatic carbocycles. The predicted molar refractivity (Wildman–Crippen MR) is 43.6 cm³/mol. The summed E-state index contributed by atoms with van der Waals surface area (Å²) < 4.78 is 0. The van der Waals surface area contributed by atoms with Gasteiger partial charge in [-0.25, -0.2) is 4.99 Å². The van der Waals surface area contributed by atoms with Crippen molar-refractivity contribution in [2.24, 2.45) is 16.5 Å². The molecule has 0 unspecified atom stereocenters. The van der Waals surface area contributed by atoms with Gasteiger partial charge in [0.05, 0.1) is 6.04 Å². The monoisotopic (exact) mass is 172 g/mol. The van der Waals surface area contributed by atoms with E-state index < -0.39 is 12.0 Å². The first-order valence-corrected chi connectivity index (χ1v) is 3.64. The van der Waals surface area contributed by atoms with Crippen LogP contribution in [0.15, 0.2) is 4.99 Å². The topological polar surface area (TPSA) is 114 Å². The zero-order valence-corrected chi connectivity index (χ0v) is 6.53. The summed E-state index contributed by atoms with van der Waals surface area (Å²) in [7, 11) is 0. The second-order valence-corrected chi connectivity index (χ2v) is 2.74. The van der Waals surface area contributed by atoms with Crippen molar-refractivity contribution in [1.29, 1.82) is 0 Å². The highest BCUT2D eigenvalue weighted by Gasteiger charge is 2.28. The first-order valence-electron chi connectivity index (χ1n) is 3.64. The average Bonchev–Trinajstić information content (AvgIpc) is 2.34. The maximum Gasteiger partial charge on any atom is 0.320 e. The molecule has 1 aliphatic rings. The van der Waals surface area contributed by atoms with Gasteiger partial charge in [0.1, 0.15) is 6.04 Å². The lowest BCUT2D eigenvalue weighted by Crippen LogP contribution is -2.30. The van der Waals surface area contributed by atoms with Gasteiger partial charge in [-0.3, -0.25) is 4.79 Å². The third kappa shape index (κ3) is 2.09. The van der Waals surface area contributed by atoms with E-state index in [-0.39, 0.29) is 12.0 Å². The molecule has 0 amide bonds. The molecule has 2 atom stereocenters. The molecule has 6 heteroatoms. The third-order valence-electron chi connectivity index (χ3n) is 1.74. The van der Waals surface area contributed by atoms with Crippen LogP contribution in [0.25, 0.3) is 0 Å². The lowest BCUT2D eigenvalue weighted by molar-refractivity contribution is -0.139. The van der Waals surface area contributed by atoms with Crippen LogP contribution < -0.4 is 16.8 Å². The highest BCUT2D eigenvalue weighted by atomic mass is 16.4. The van der Waals surface area contributed by atoms with Crippen molar-refractivity contribution in [3.8, 4) is 0 Å². The predicted octanol–water partition coefficient (Wildman–Crippen LogP) is -1.93. The largest absolute Gasteiger partial charge is 0.480 e. The lowest BCUT2D eigenvalue weighted by atomic mass is 10.2. The molecule has 1 rings (SSSR count). The second-order valence-electron chi connectivity index (χ2n) is 2.74. The summed E-state index contributed by atoms with van der Waals surface area (Å²) in [6, 6.07) is -0.616. The number of nitrogens with one attached hydrogen (secondary N) is 1. The fraction of sp³-hybridized carbons (Fsp3) is 0.667. The Labute approximate surface area is 69.6 Å². The number of rotatable bonds is 2. The molecular weight excluding hydrogens is 160 g/mol. The molecule has 6 nitrogen and oxygen atoms in total. The van der Waals surface area contributed by atoms with Crippen molar-refractivity contribution in [1.82, 2.24) is 5.32 Å². The van der Waals surface area contributed by atoms with Crippen LogP contribution in [0, 0.1) is 0 Å². The zero-order chi connectivity index (χ0) is 9.14. The van der Waals surface area contributed by atoms with Gasteiger partial charge >= 0.3 is 5.97 Å². The maximum atomic E-state index is 10.5. The van der Waals surface area contributed by atoms with Crippen molar-refractivity contribution in [3.05, 3.63) is 0 Å². The summed E-state index contributed by atoms with van der Waals surface area (Å²) >= 11 is 0. The van der Waals surface area contributed by atoms with Gasteiger partial charge in [-0.15, -0.1) is 0 Å². The molecule has 0 saturated carbocycles. The van der Waals surface area contributed by atoms with Gasteiger partial charge in [0.25, 0.3) is 0 Å². The van der Waals surface area contributed by atoms with Crippen LogP contribution in [-0.4, -0.2) is 35.7 Å². The summed E-state index contributed by atoms with van der Waals surface area (Å²) in [6.45, 7) is 0.523. The van der Waals surface area contributed by atoms with Gasteiger partial charge in [-0.1, -0.05) is 0 Å². The van der Waals surface area contributed by atoms with E-state index in [4.69, 9.17) is 16.6 Å². The Hall–Kier alpha value is -1.30. The van der Waals surface area contributed by atoms with E-state index in [0.717, 1.165) is 0 Å². The number of guanidine groups is 1. The summed E-state index contributed by atoms with van der Waals surface area (Å²) in [5, 5.41) is 11.4. The van der Waals surface area contributed by atoms with Gasteiger partial charge < -0.3 is 21.9 Å². The number of hydrogen-bond acceptors (Lipinski definition) is 3. The van der Waals surface area contributed by atoms with E-state index in [1.165, 1.54) is 0 Å².